The van der Waals surface area contributed by atoms with Gasteiger partial charge in [-0.1, -0.05) is 0 Å². The molecule has 2 aliphatic heterocycles. The van der Waals surface area contributed by atoms with Gasteiger partial charge in [0.2, 0.25) is 11.2 Å². The summed E-state index contributed by atoms with van der Waals surface area (Å²) in [6.07, 6.45) is 1.28. The number of ether oxygens (including phenoxy) is 1. The number of hydrogen-bond acceptors (Lipinski definition) is 5. The molecule has 2 aromatic rings. The van der Waals surface area contributed by atoms with Crippen LogP contribution in [0.1, 0.15) is 23.3 Å². The van der Waals surface area contributed by atoms with Crippen LogP contribution in [-0.4, -0.2) is 50.7 Å². The van der Waals surface area contributed by atoms with E-state index >= 15 is 0 Å². The third-order valence-electron chi connectivity index (χ3n) is 4.77. The van der Waals surface area contributed by atoms with E-state index in [1.54, 1.807) is 6.92 Å². The smallest absolute Gasteiger partial charge is 0.327 e. The first-order valence-corrected chi connectivity index (χ1v) is 9.28. The molecule has 4 rings (SSSR count). The van der Waals surface area contributed by atoms with Crippen LogP contribution in [0.5, 0.6) is 5.75 Å². The maximum Gasteiger partial charge on any atom is 0.327 e. The molecule has 3 heterocycles. The second-order valence-corrected chi connectivity index (χ2v) is 7.47. The number of carbonyl (C=O) groups excluding carboxylic acids is 1. The summed E-state index contributed by atoms with van der Waals surface area (Å²) in [6.45, 7) is 1.78. The number of aliphatic carboxylic acids is 1. The van der Waals surface area contributed by atoms with E-state index in [1.807, 2.05) is 0 Å². The Balaban J connectivity index is 1.95. The highest BCUT2D eigenvalue weighted by Crippen LogP contribution is 2.35. The molecule has 1 N–H and O–H groups in total. The molecule has 2 atom stereocenters. The fraction of sp³-hybridized carbons (Fsp3) is 0.353. The van der Waals surface area contributed by atoms with Crippen LogP contribution < -0.4 is 10.2 Å². The van der Waals surface area contributed by atoms with E-state index in [0.717, 1.165) is 11.0 Å². The maximum atomic E-state index is 14.1. The molecule has 2 aliphatic rings. The number of amides is 1. The molecule has 1 saturated heterocycles. The fourth-order valence-electron chi connectivity index (χ4n) is 3.35. The van der Waals surface area contributed by atoms with Crippen molar-refractivity contribution < 1.29 is 28.2 Å². The minimum Gasteiger partial charge on any atom is -0.486 e. The van der Waals surface area contributed by atoms with Crippen molar-refractivity contribution in [3.8, 4) is 5.75 Å². The van der Waals surface area contributed by atoms with Crippen molar-refractivity contribution in [1.82, 2.24) is 9.47 Å². The number of carboxylic acid groups (broad SMARTS) is 1. The fourth-order valence-corrected chi connectivity index (χ4v) is 4.49. The molecular formula is C17H14F2N2O5S. The molecule has 7 nitrogen and oxygen atoms in total. The molecule has 0 bridgehead atoms. The number of halogens is 2. The molecule has 1 aromatic heterocycles. The normalized spacial score (nSPS) is 21.4. The van der Waals surface area contributed by atoms with Gasteiger partial charge < -0.3 is 19.3 Å². The lowest BCUT2D eigenvalue weighted by atomic mass is 10.1. The lowest BCUT2D eigenvalue weighted by Crippen LogP contribution is -2.43. The Morgan fingerprint density at radius 2 is 2.11 bits per heavy atom. The number of benzene rings is 1. The number of pyridine rings is 1. The number of nitrogens with zero attached hydrogens (tertiary/aromatic N) is 2. The topological polar surface area (TPSA) is 88.8 Å². The van der Waals surface area contributed by atoms with Crippen LogP contribution >= 0.6 is 11.8 Å². The number of carbonyl (C=O) groups is 2. The quantitative estimate of drug-likeness (QED) is 0.833. The zero-order chi connectivity index (χ0) is 19.5. The first kappa shape index (κ1) is 17.8. The highest BCUT2D eigenvalue weighted by atomic mass is 32.2. The van der Waals surface area contributed by atoms with E-state index < -0.39 is 35.0 Å². The molecule has 0 spiro atoms. The van der Waals surface area contributed by atoms with Crippen LogP contribution in [0.4, 0.5) is 8.78 Å². The van der Waals surface area contributed by atoms with Crippen LogP contribution in [0.25, 0.3) is 10.9 Å². The lowest BCUT2D eigenvalue weighted by Gasteiger charge is -2.28. The minimum atomic E-state index is -1.25. The molecule has 0 saturated carbocycles. The maximum absolute atomic E-state index is 14.1. The van der Waals surface area contributed by atoms with Gasteiger partial charge in [-0.3, -0.25) is 9.59 Å². The lowest BCUT2D eigenvalue weighted by molar-refractivity contribution is -0.140. The predicted molar refractivity (Wildman–Crippen MR) is 93.2 cm³/mol. The second kappa shape index (κ2) is 6.22. The molecule has 142 valence electrons. The summed E-state index contributed by atoms with van der Waals surface area (Å²) in [7, 11) is 0. The Kier molecular flexibility index (Phi) is 4.10. The highest BCUT2D eigenvalue weighted by molar-refractivity contribution is 7.99. The Labute approximate surface area is 155 Å². The monoisotopic (exact) mass is 396 g/mol. The molecule has 10 heteroatoms. The number of carboxylic acids is 1. The molecule has 1 amide bonds. The van der Waals surface area contributed by atoms with Gasteiger partial charge in [0.05, 0.1) is 22.8 Å². The molecule has 0 radical (unpaired) electrons. The summed E-state index contributed by atoms with van der Waals surface area (Å²) >= 11 is 1.27. The minimum absolute atomic E-state index is 0.0380. The van der Waals surface area contributed by atoms with Crippen LogP contribution in [0.3, 0.4) is 0 Å². The van der Waals surface area contributed by atoms with E-state index in [9.17, 15) is 28.3 Å². The van der Waals surface area contributed by atoms with Crippen LogP contribution in [0, 0.1) is 11.6 Å². The summed E-state index contributed by atoms with van der Waals surface area (Å²) < 4.78 is 34.8. The molecular weight excluding hydrogens is 382 g/mol. The van der Waals surface area contributed by atoms with Gasteiger partial charge in [-0.2, -0.15) is 4.39 Å². The first-order valence-electron chi connectivity index (χ1n) is 8.12. The molecule has 0 aliphatic carbocycles. The van der Waals surface area contributed by atoms with E-state index in [4.69, 9.17) is 4.74 Å². The number of aromatic nitrogens is 1. The van der Waals surface area contributed by atoms with E-state index in [0.29, 0.717) is 0 Å². The average molecular weight is 396 g/mol. The SMILES string of the molecule is C[C@H]1COc2c(F)c(F)cc3c(=O)c(C(=O)N4CSC[C@H]4C(=O)O)cn1c23. The van der Waals surface area contributed by atoms with Crippen molar-refractivity contribution in [2.24, 2.45) is 0 Å². The van der Waals surface area contributed by atoms with Gasteiger partial charge in [0.15, 0.2) is 11.6 Å². The summed E-state index contributed by atoms with van der Waals surface area (Å²) in [5.41, 5.74) is -0.980. The third-order valence-corrected chi connectivity index (χ3v) is 5.78. The van der Waals surface area contributed by atoms with Crippen molar-refractivity contribution >= 4 is 34.5 Å². The third kappa shape index (κ3) is 2.58. The van der Waals surface area contributed by atoms with Gasteiger partial charge in [-0.25, -0.2) is 9.18 Å². The van der Waals surface area contributed by atoms with E-state index in [-0.39, 0.29) is 46.5 Å². The van der Waals surface area contributed by atoms with Gasteiger partial charge >= 0.3 is 5.97 Å². The van der Waals surface area contributed by atoms with Crippen LogP contribution in [-0.2, 0) is 4.79 Å². The van der Waals surface area contributed by atoms with E-state index in [2.05, 4.69) is 0 Å². The van der Waals surface area contributed by atoms with Crippen molar-refractivity contribution in [2.75, 3.05) is 18.2 Å². The number of rotatable bonds is 2. The van der Waals surface area contributed by atoms with Gasteiger partial charge in [0, 0.05) is 11.9 Å². The number of hydrogen-bond donors (Lipinski definition) is 1. The Hall–Kier alpha value is -2.62. The Morgan fingerprint density at radius 3 is 2.81 bits per heavy atom. The second-order valence-electron chi connectivity index (χ2n) is 6.47. The average Bonchev–Trinajstić information content (AvgIpc) is 3.12. The summed E-state index contributed by atoms with van der Waals surface area (Å²) in [4.78, 5) is 38.2. The summed E-state index contributed by atoms with van der Waals surface area (Å²) in [5.74, 6) is -4.35. The van der Waals surface area contributed by atoms with E-state index in [1.165, 1.54) is 22.5 Å². The summed E-state index contributed by atoms with van der Waals surface area (Å²) in [6, 6.07) is -0.626. The largest absolute Gasteiger partial charge is 0.486 e. The zero-order valence-corrected chi connectivity index (χ0v) is 14.9. The van der Waals surface area contributed by atoms with Crippen LogP contribution in [0.15, 0.2) is 17.1 Å². The Morgan fingerprint density at radius 1 is 1.37 bits per heavy atom. The van der Waals surface area contributed by atoms with Crippen molar-refractivity contribution in [2.45, 2.75) is 19.0 Å². The summed E-state index contributed by atoms with van der Waals surface area (Å²) in [5, 5.41) is 9.10. The standard InChI is InChI=1S/C17H14F2N2O5S/c1-7-4-26-15-12(19)10(18)2-8-13(15)20(7)3-9(14(8)22)16(23)21-6-27-5-11(21)17(24)25/h2-3,7,11H,4-6H2,1H3,(H,24,25)/t7-,11-/m0/s1. The van der Waals surface area contributed by atoms with Crippen LogP contribution in [0.2, 0.25) is 0 Å². The zero-order valence-electron chi connectivity index (χ0n) is 14.1. The van der Waals surface area contributed by atoms with Crippen molar-refractivity contribution in [1.29, 1.82) is 0 Å². The van der Waals surface area contributed by atoms with Crippen molar-refractivity contribution in [3.63, 3.8) is 0 Å². The van der Waals surface area contributed by atoms with Gasteiger partial charge in [0.1, 0.15) is 18.2 Å². The molecule has 0 unspecified atom stereocenters. The molecule has 1 aromatic carbocycles. The molecule has 27 heavy (non-hydrogen) atoms. The number of thioether (sulfide) groups is 1. The molecule has 1 fully saturated rings. The van der Waals surface area contributed by atoms with Gasteiger partial charge in [0.25, 0.3) is 5.91 Å². The van der Waals surface area contributed by atoms with Gasteiger partial charge in [-0.15, -0.1) is 11.8 Å². The van der Waals surface area contributed by atoms with Crippen molar-refractivity contribution in [3.05, 3.63) is 39.7 Å². The highest BCUT2D eigenvalue weighted by Gasteiger charge is 2.37. The van der Waals surface area contributed by atoms with Gasteiger partial charge in [-0.05, 0) is 13.0 Å². The first-order chi connectivity index (χ1) is 12.8. The predicted octanol–water partition coefficient (Wildman–Crippen LogP) is 1.83. The Bertz CT molecular complexity index is 1050.